The van der Waals surface area contributed by atoms with Crippen LogP contribution in [0, 0.1) is 17.8 Å². The van der Waals surface area contributed by atoms with Gasteiger partial charge in [0.15, 0.2) is 0 Å². The van der Waals surface area contributed by atoms with Crippen LogP contribution in [0.1, 0.15) is 82.1 Å². The molecule has 148 valence electrons. The first-order valence-corrected chi connectivity index (χ1v) is 10.6. The molecule has 0 heterocycles. The van der Waals surface area contributed by atoms with Gasteiger partial charge in [0.2, 0.25) is 0 Å². The van der Waals surface area contributed by atoms with Crippen molar-refractivity contribution in [3.8, 4) is 0 Å². The lowest BCUT2D eigenvalue weighted by Crippen LogP contribution is -2.04. The average Bonchev–Trinajstić information content (AvgIpc) is 2.61. The van der Waals surface area contributed by atoms with Crippen molar-refractivity contribution in [2.45, 2.75) is 72.6 Å². The summed E-state index contributed by atoms with van der Waals surface area (Å²) in [4.78, 5) is 11.5. The molecule has 0 spiro atoms. The molecular formula is C25H36O2. The van der Waals surface area contributed by atoms with Gasteiger partial charge in [0.1, 0.15) is 0 Å². The lowest BCUT2D eigenvalue weighted by atomic mass is 9.89. The molecular weight excluding hydrogens is 332 g/mol. The maximum absolute atomic E-state index is 11.5. The standard InChI is InChI=1S/C25H36O2/c1-18(2)9-7-10-19(3)11-8-12-20(4)17-21-15-16-24(25(26)27)23-14-6-5-13-22(21)23/h5-6,13-16,18-20H,7-12,17H2,1-4H3,(H,26,27). The molecule has 0 saturated heterocycles. The first-order chi connectivity index (χ1) is 12.9. The molecule has 2 nitrogen and oxygen atoms in total. The molecule has 0 saturated carbocycles. The maximum Gasteiger partial charge on any atom is 0.336 e. The van der Waals surface area contributed by atoms with E-state index in [1.54, 1.807) is 6.07 Å². The Bertz CT molecular complexity index is 732. The van der Waals surface area contributed by atoms with Crippen LogP contribution in [-0.2, 0) is 6.42 Å². The second-order valence-corrected chi connectivity index (χ2v) is 8.79. The fourth-order valence-corrected chi connectivity index (χ4v) is 4.04. The van der Waals surface area contributed by atoms with Crippen molar-refractivity contribution in [2.75, 3.05) is 0 Å². The molecule has 0 bridgehead atoms. The SMILES string of the molecule is CC(C)CCCC(C)CCCC(C)Cc1ccc(C(=O)O)c2ccccc12. The van der Waals surface area contributed by atoms with Crippen molar-refractivity contribution in [1.82, 2.24) is 0 Å². The largest absolute Gasteiger partial charge is 0.478 e. The Morgan fingerprint density at radius 3 is 2.04 bits per heavy atom. The maximum atomic E-state index is 11.5. The molecule has 2 aromatic rings. The molecule has 2 aromatic carbocycles. The summed E-state index contributed by atoms with van der Waals surface area (Å²) in [6.45, 7) is 9.32. The summed E-state index contributed by atoms with van der Waals surface area (Å²) in [7, 11) is 0. The zero-order valence-electron chi connectivity index (χ0n) is 17.5. The van der Waals surface area contributed by atoms with E-state index in [0.29, 0.717) is 11.5 Å². The Morgan fingerprint density at radius 2 is 1.41 bits per heavy atom. The number of fused-ring (bicyclic) bond motifs is 1. The normalized spacial score (nSPS) is 13.8. The number of hydrogen-bond donors (Lipinski definition) is 1. The number of carboxylic acids is 1. The van der Waals surface area contributed by atoms with Crippen LogP contribution in [0.3, 0.4) is 0 Å². The highest BCUT2D eigenvalue weighted by atomic mass is 16.4. The Labute approximate surface area is 165 Å². The predicted molar refractivity (Wildman–Crippen MR) is 115 cm³/mol. The van der Waals surface area contributed by atoms with Crippen LogP contribution >= 0.6 is 0 Å². The molecule has 0 aliphatic carbocycles. The first-order valence-electron chi connectivity index (χ1n) is 10.6. The molecule has 2 heteroatoms. The highest BCUT2D eigenvalue weighted by Gasteiger charge is 2.13. The van der Waals surface area contributed by atoms with Crippen LogP contribution < -0.4 is 0 Å². The third-order valence-corrected chi connectivity index (χ3v) is 5.69. The summed E-state index contributed by atoms with van der Waals surface area (Å²) in [5, 5.41) is 11.4. The van der Waals surface area contributed by atoms with E-state index in [9.17, 15) is 9.90 Å². The van der Waals surface area contributed by atoms with Crippen molar-refractivity contribution in [1.29, 1.82) is 0 Å². The van der Waals surface area contributed by atoms with E-state index in [1.165, 1.54) is 44.1 Å². The number of hydrogen-bond acceptors (Lipinski definition) is 1. The van der Waals surface area contributed by atoms with E-state index in [-0.39, 0.29) is 0 Å². The second-order valence-electron chi connectivity index (χ2n) is 8.79. The highest BCUT2D eigenvalue weighted by Crippen LogP contribution is 2.27. The molecule has 0 fully saturated rings. The van der Waals surface area contributed by atoms with Gasteiger partial charge < -0.3 is 5.11 Å². The number of aromatic carboxylic acids is 1. The van der Waals surface area contributed by atoms with Gasteiger partial charge in [-0.2, -0.15) is 0 Å². The zero-order chi connectivity index (χ0) is 19.8. The molecule has 2 unspecified atom stereocenters. The lowest BCUT2D eigenvalue weighted by molar-refractivity contribution is 0.0699. The lowest BCUT2D eigenvalue weighted by Gasteiger charge is -2.16. The Kier molecular flexibility index (Phi) is 8.34. The minimum atomic E-state index is -0.850. The Hall–Kier alpha value is -1.83. The molecule has 0 aromatic heterocycles. The van der Waals surface area contributed by atoms with Crippen LogP contribution in [0.2, 0.25) is 0 Å². The van der Waals surface area contributed by atoms with E-state index in [2.05, 4.69) is 33.8 Å². The average molecular weight is 369 g/mol. The van der Waals surface area contributed by atoms with Gasteiger partial charge in [-0.1, -0.05) is 96.6 Å². The van der Waals surface area contributed by atoms with E-state index >= 15 is 0 Å². The third kappa shape index (κ3) is 6.68. The van der Waals surface area contributed by atoms with Gasteiger partial charge >= 0.3 is 5.97 Å². The summed E-state index contributed by atoms with van der Waals surface area (Å²) >= 11 is 0. The molecule has 2 rings (SSSR count). The predicted octanol–water partition coefficient (Wildman–Crippen LogP) is 7.35. The zero-order valence-corrected chi connectivity index (χ0v) is 17.5. The van der Waals surface area contributed by atoms with Gasteiger partial charge in [-0.05, 0) is 46.6 Å². The number of carboxylic acid groups (broad SMARTS) is 1. The van der Waals surface area contributed by atoms with Crippen LogP contribution in [0.4, 0.5) is 0 Å². The summed E-state index contributed by atoms with van der Waals surface area (Å²) in [5.41, 5.74) is 1.67. The molecule has 0 radical (unpaired) electrons. The summed E-state index contributed by atoms with van der Waals surface area (Å²) in [6.07, 6.45) is 8.92. The molecule has 27 heavy (non-hydrogen) atoms. The molecule has 1 N–H and O–H groups in total. The van der Waals surface area contributed by atoms with Crippen molar-refractivity contribution in [3.63, 3.8) is 0 Å². The Balaban J connectivity index is 1.88. The van der Waals surface area contributed by atoms with Crippen molar-refractivity contribution >= 4 is 16.7 Å². The fraction of sp³-hybridized carbons (Fsp3) is 0.560. The smallest absolute Gasteiger partial charge is 0.336 e. The minimum Gasteiger partial charge on any atom is -0.478 e. The topological polar surface area (TPSA) is 37.3 Å². The van der Waals surface area contributed by atoms with Crippen LogP contribution in [0.5, 0.6) is 0 Å². The number of carbonyl (C=O) groups is 1. The van der Waals surface area contributed by atoms with Crippen molar-refractivity contribution in [3.05, 3.63) is 47.5 Å². The summed E-state index contributed by atoms with van der Waals surface area (Å²) in [6, 6.07) is 11.7. The van der Waals surface area contributed by atoms with E-state index in [4.69, 9.17) is 0 Å². The van der Waals surface area contributed by atoms with Gasteiger partial charge in [0, 0.05) is 0 Å². The Morgan fingerprint density at radius 1 is 0.815 bits per heavy atom. The van der Waals surface area contributed by atoms with Crippen molar-refractivity contribution in [2.24, 2.45) is 17.8 Å². The quantitative estimate of drug-likeness (QED) is 0.450. The monoisotopic (exact) mass is 368 g/mol. The van der Waals surface area contributed by atoms with E-state index < -0.39 is 5.97 Å². The second kappa shape index (κ2) is 10.5. The van der Waals surface area contributed by atoms with Gasteiger partial charge in [0.05, 0.1) is 5.56 Å². The van der Waals surface area contributed by atoms with E-state index in [0.717, 1.165) is 29.0 Å². The van der Waals surface area contributed by atoms with Gasteiger partial charge in [-0.25, -0.2) is 4.79 Å². The summed E-state index contributed by atoms with van der Waals surface area (Å²) < 4.78 is 0. The van der Waals surface area contributed by atoms with Crippen LogP contribution in [0.15, 0.2) is 36.4 Å². The van der Waals surface area contributed by atoms with Gasteiger partial charge in [0.25, 0.3) is 0 Å². The van der Waals surface area contributed by atoms with Gasteiger partial charge in [-0.15, -0.1) is 0 Å². The molecule has 0 amide bonds. The van der Waals surface area contributed by atoms with E-state index in [1.807, 2.05) is 24.3 Å². The van der Waals surface area contributed by atoms with Crippen LogP contribution in [-0.4, -0.2) is 11.1 Å². The number of benzene rings is 2. The van der Waals surface area contributed by atoms with Gasteiger partial charge in [-0.3, -0.25) is 0 Å². The third-order valence-electron chi connectivity index (χ3n) is 5.69. The molecule has 0 aliphatic rings. The summed E-state index contributed by atoms with van der Waals surface area (Å²) in [5.74, 6) is 1.41. The fourth-order valence-electron chi connectivity index (χ4n) is 4.04. The molecule has 2 atom stereocenters. The highest BCUT2D eigenvalue weighted by molar-refractivity contribution is 6.04. The first kappa shape index (κ1) is 21.5. The number of rotatable bonds is 11. The van der Waals surface area contributed by atoms with Crippen LogP contribution in [0.25, 0.3) is 10.8 Å². The minimum absolute atomic E-state index is 0.400. The van der Waals surface area contributed by atoms with Crippen molar-refractivity contribution < 1.29 is 9.90 Å². The molecule has 0 aliphatic heterocycles.